The number of nitrogens with zero attached hydrogens (tertiary/aromatic N) is 8. The van der Waals surface area contributed by atoms with Gasteiger partial charge in [0.2, 0.25) is 47.1 Å². The van der Waals surface area contributed by atoms with Crippen LogP contribution in [0.3, 0.4) is 0 Å². The molecule has 0 fully saturated rings. The Labute approximate surface area is 745 Å². The van der Waals surface area contributed by atoms with Crippen molar-refractivity contribution >= 4 is 58.0 Å². The van der Waals surface area contributed by atoms with Crippen LogP contribution in [0.2, 0.25) is 5.02 Å². The van der Waals surface area contributed by atoms with E-state index in [0.29, 0.717) is 126 Å². The summed E-state index contributed by atoms with van der Waals surface area (Å²) in [5.74, 6) is 6.51. The van der Waals surface area contributed by atoms with Gasteiger partial charge in [0.15, 0.2) is 11.6 Å². The third-order valence-corrected chi connectivity index (χ3v) is 18.8. The number of hydrogen-bond acceptors (Lipinski definition) is 21. The Morgan fingerprint density at radius 2 is 0.555 bits per heavy atom. The van der Waals surface area contributed by atoms with Gasteiger partial charge in [-0.1, -0.05) is 41.9 Å². The van der Waals surface area contributed by atoms with E-state index in [2.05, 4.69) is 19.9 Å². The van der Waals surface area contributed by atoms with Gasteiger partial charge < -0.3 is 81.2 Å². The molecular weight excluding hydrogens is 1680 g/mol. The van der Waals surface area contributed by atoms with E-state index >= 15 is 0 Å². The summed E-state index contributed by atoms with van der Waals surface area (Å²) in [6.07, 6.45) is 7.40. The van der Waals surface area contributed by atoms with Crippen molar-refractivity contribution in [3.63, 3.8) is 0 Å². The highest BCUT2D eigenvalue weighted by Gasteiger charge is 2.27. The maximum absolute atomic E-state index is 14.1. The lowest BCUT2D eigenvalue weighted by Crippen LogP contribution is -2.28. The molecule has 8 aromatic carbocycles. The number of carbonyl (C=O) groups excluding carboxylic acids is 4. The molecule has 0 saturated heterocycles. The SMILES string of the molecule is COc1ccc(OCCC[18F])c(CN(C(C)=O)c2cccnc2Oc2ccc(Cl)cc2)c1.COc1ccc(OCCC[18F])c(CN(C(C)=O)c2cccnc2Oc2ccccc2)c1.COc1ccc(OCCC[18F])c(CN(C(C)=O)c2cccnc2Oc2ccccc2F)c1.COc1ccc(Oc2ncccc2N(Cc2cc(OC)ccc2OCCC[18F])C(C)=O)cc1. The quantitative estimate of drug-likeness (QED) is 0.0255. The van der Waals surface area contributed by atoms with Crippen molar-refractivity contribution < 1.29 is 103 Å². The molecule has 0 aliphatic carbocycles. The Hall–Kier alpha value is -14.4. The van der Waals surface area contributed by atoms with E-state index in [4.69, 9.17) is 73.2 Å². The highest BCUT2D eigenvalue weighted by molar-refractivity contribution is 6.30. The Morgan fingerprint density at radius 1 is 0.297 bits per heavy atom. The topological polar surface area (TPSA) is 253 Å². The standard InChI is InChI=1S/C25H27FN2O5.C24H24ClFN2O4.C24H24F2N2O4.C24H25FN2O4/c1-18(29)28(17-19-16-22(31-3)11-12-24(19)32-15-5-13-26)23-6-4-14-27-25(23)33-21-9-7-20(30-2)8-10-21;1-17(29)28(16-18-15-21(30-2)10-11-23(18)31-14-4-12-26)22-5-3-13-27-24(22)32-20-8-6-19(25)7-9-20;1-17(29)28(16-18-15-19(30-2)10-11-22(18)31-14-6-12-25)21-8-5-13-27-24(21)32-23-9-4-3-7-20(23)26;1-18(28)27(17-19-16-21(29-2)11-12-23(19)30-15-7-13-25)22-10-6-14-26-24(22)31-20-8-4-3-5-9-20/h4,6-12,14,16H,5,13,15,17H2,1-3H3;3,5-11,13,15H,4,12,14,16H2,1-2H3;3-5,7-11,13,15H,6,12,14,16H2,1-2H3;3-6,8-12,14,16H,7,13,15,17H2,1-2H3/i2*26-1;2*25-1. The molecule has 12 rings (SSSR count). The smallest absolute Gasteiger partial charge is 0.243 e. The minimum absolute atomic E-state index is 0.00687. The van der Waals surface area contributed by atoms with Gasteiger partial charge in [0.1, 0.15) is 91.7 Å². The van der Waals surface area contributed by atoms with Crippen LogP contribution in [0, 0.1) is 5.82 Å². The molecule has 12 aromatic rings. The molecule has 0 bridgehead atoms. The number of rotatable bonds is 41. The van der Waals surface area contributed by atoms with Crippen LogP contribution in [0.25, 0.3) is 0 Å². The number of alkyl halides is 4. The molecule has 0 atom stereocenters. The van der Waals surface area contributed by atoms with Crippen molar-refractivity contribution in [1.29, 1.82) is 0 Å². The number of amides is 4. The van der Waals surface area contributed by atoms with E-state index in [1.165, 1.54) is 62.9 Å². The molecule has 31 heteroatoms. The molecule has 4 aromatic heterocycles. The molecule has 0 unspecified atom stereocenters. The third kappa shape index (κ3) is 29.6. The van der Waals surface area contributed by atoms with Gasteiger partial charge in [0, 0.05) is 105 Å². The highest BCUT2D eigenvalue weighted by Crippen LogP contribution is 2.40. The number of aromatic nitrogens is 4. The first-order valence-corrected chi connectivity index (χ1v) is 40.9. The summed E-state index contributed by atoms with van der Waals surface area (Å²) in [6.45, 7) is 5.51. The van der Waals surface area contributed by atoms with Crippen LogP contribution in [0.1, 0.15) is 75.6 Å². The number of pyridine rings is 4. The second-order valence-electron chi connectivity index (χ2n) is 27.5. The Balaban J connectivity index is 0.000000193. The van der Waals surface area contributed by atoms with Crippen molar-refractivity contribution in [1.82, 2.24) is 19.9 Å². The van der Waals surface area contributed by atoms with Crippen LogP contribution in [-0.4, -0.2) is 132 Å². The first kappa shape index (κ1) is 97.4. The maximum atomic E-state index is 14.1. The minimum atomic E-state index is -0.546. The molecule has 672 valence electrons. The highest BCUT2D eigenvalue weighted by atomic mass is 35.5. The number of halogens is 6. The lowest BCUT2D eigenvalue weighted by molar-refractivity contribution is -0.117. The average molecular weight is 1780 g/mol. The molecule has 0 N–H and O–H groups in total. The molecule has 4 heterocycles. The van der Waals surface area contributed by atoms with Gasteiger partial charge in [-0.25, -0.2) is 24.3 Å². The normalized spacial score (nSPS) is 10.5. The summed E-state index contributed by atoms with van der Waals surface area (Å²) in [7, 11) is 7.81. The number of para-hydroxylation sites is 2. The first-order chi connectivity index (χ1) is 62.2. The van der Waals surface area contributed by atoms with Crippen LogP contribution in [0.15, 0.2) is 249 Å². The van der Waals surface area contributed by atoms with Crippen molar-refractivity contribution in [2.24, 2.45) is 0 Å². The molecule has 0 aliphatic heterocycles. The van der Waals surface area contributed by atoms with E-state index in [1.807, 2.05) is 30.3 Å². The molecular formula is C97H100ClF5N8O17. The number of carbonyl (C=O) groups is 4. The minimum Gasteiger partial charge on any atom is -0.497 e. The van der Waals surface area contributed by atoms with Crippen LogP contribution < -0.4 is 81.2 Å². The molecule has 128 heavy (non-hydrogen) atoms. The van der Waals surface area contributed by atoms with Gasteiger partial charge in [-0.15, -0.1) is 0 Å². The Morgan fingerprint density at radius 3 is 0.836 bits per heavy atom. The number of hydrogen-bond donors (Lipinski definition) is 0. The van der Waals surface area contributed by atoms with Crippen LogP contribution >= 0.6 is 11.6 Å². The number of ether oxygens (including phenoxy) is 13. The molecule has 25 nitrogen and oxygen atoms in total. The van der Waals surface area contributed by atoms with E-state index < -0.39 is 32.5 Å². The zero-order chi connectivity index (χ0) is 91.5. The predicted octanol–water partition coefficient (Wildman–Crippen LogP) is 21.5. The molecule has 0 radical (unpaired) electrons. The predicted molar refractivity (Wildman–Crippen MR) is 478 cm³/mol. The summed E-state index contributed by atoms with van der Waals surface area (Å²) in [4.78, 5) is 73.7. The molecule has 0 spiro atoms. The summed E-state index contributed by atoms with van der Waals surface area (Å²) in [5, 5.41) is 0.585. The summed E-state index contributed by atoms with van der Waals surface area (Å²) in [5.41, 5.74) is 4.67. The first-order valence-electron chi connectivity index (χ1n) is 40.5. The lowest BCUT2D eigenvalue weighted by atomic mass is 10.1. The maximum Gasteiger partial charge on any atom is 0.243 e. The van der Waals surface area contributed by atoms with Crippen molar-refractivity contribution in [2.45, 2.75) is 79.6 Å². The van der Waals surface area contributed by atoms with Gasteiger partial charge in [-0.3, -0.25) is 36.7 Å². The Bertz CT molecular complexity index is 5510. The average Bonchev–Trinajstić information content (AvgIpc) is 0.823. The second-order valence-corrected chi connectivity index (χ2v) is 27.9. The van der Waals surface area contributed by atoms with Crippen molar-refractivity contribution in [3.8, 4) is 98.3 Å². The fourth-order valence-electron chi connectivity index (χ4n) is 12.1. The van der Waals surface area contributed by atoms with Gasteiger partial charge in [-0.2, -0.15) is 0 Å². The number of benzene rings is 8. The number of anilines is 4. The lowest BCUT2D eigenvalue weighted by Gasteiger charge is -2.24. The summed E-state index contributed by atoms with van der Waals surface area (Å²) in [6, 6.07) is 64.0. The van der Waals surface area contributed by atoms with Gasteiger partial charge in [0.25, 0.3) is 0 Å². The zero-order valence-corrected chi connectivity index (χ0v) is 73.0. The zero-order valence-electron chi connectivity index (χ0n) is 72.3. The molecule has 0 saturated carbocycles. The van der Waals surface area contributed by atoms with E-state index in [1.54, 1.807) is 239 Å². The van der Waals surface area contributed by atoms with E-state index in [9.17, 15) is 41.1 Å². The summed E-state index contributed by atoms with van der Waals surface area (Å²) < 4.78 is 137. The van der Waals surface area contributed by atoms with E-state index in [-0.39, 0.29) is 119 Å². The van der Waals surface area contributed by atoms with Crippen molar-refractivity contribution in [3.05, 3.63) is 282 Å². The monoisotopic (exact) mass is 1770 g/mol. The molecule has 4 amide bonds. The van der Waals surface area contributed by atoms with Crippen molar-refractivity contribution in [2.75, 3.05) is 108 Å². The van der Waals surface area contributed by atoms with Gasteiger partial charge in [-0.05, 0) is 194 Å². The fraction of sp³-hybridized carbons (Fsp3) is 0.258. The Kier molecular flexibility index (Phi) is 39.4. The largest absolute Gasteiger partial charge is 0.497 e. The summed E-state index contributed by atoms with van der Waals surface area (Å²) >= 11 is 5.95. The fourth-order valence-corrected chi connectivity index (χ4v) is 12.3. The molecule has 0 aliphatic rings. The van der Waals surface area contributed by atoms with Crippen LogP contribution in [0.4, 0.5) is 44.7 Å². The third-order valence-electron chi connectivity index (χ3n) is 18.5. The van der Waals surface area contributed by atoms with E-state index in [0.717, 1.165) is 5.56 Å². The second kappa shape index (κ2) is 51.7. The van der Waals surface area contributed by atoms with Gasteiger partial charge >= 0.3 is 0 Å². The van der Waals surface area contributed by atoms with Crippen LogP contribution in [0.5, 0.6) is 98.3 Å². The van der Waals surface area contributed by atoms with Gasteiger partial charge in [0.05, 0.1) is 115 Å². The number of methoxy groups -OCH3 is 5. The van der Waals surface area contributed by atoms with Crippen LogP contribution in [-0.2, 0) is 45.4 Å².